The van der Waals surface area contributed by atoms with Gasteiger partial charge in [-0.05, 0) is 18.3 Å². The largest absolute Gasteiger partial charge is 0.481 e. The highest BCUT2D eigenvalue weighted by Crippen LogP contribution is 2.56. The Labute approximate surface area is 105 Å². The van der Waals surface area contributed by atoms with Gasteiger partial charge in [0, 0.05) is 17.9 Å². The first-order valence-electron chi connectivity index (χ1n) is 5.86. The van der Waals surface area contributed by atoms with Crippen molar-refractivity contribution >= 4 is 17.7 Å². The highest BCUT2D eigenvalue weighted by molar-refractivity contribution is 7.99. The molecule has 1 atom stereocenters. The molecule has 0 spiro atoms. The van der Waals surface area contributed by atoms with E-state index in [2.05, 4.69) is 30.3 Å². The number of aryl methyl sites for hydroxylation is 1. The van der Waals surface area contributed by atoms with Crippen molar-refractivity contribution in [3.8, 4) is 0 Å². The average molecular weight is 254 g/mol. The summed E-state index contributed by atoms with van der Waals surface area (Å²) in [6.45, 7) is 6.58. The Bertz CT molecular complexity index is 440. The molecule has 4 nitrogen and oxygen atoms in total. The number of carboxylic acids is 1. The van der Waals surface area contributed by atoms with Crippen LogP contribution in [0.25, 0.3) is 0 Å². The van der Waals surface area contributed by atoms with E-state index in [0.717, 1.165) is 18.0 Å². The zero-order valence-electron chi connectivity index (χ0n) is 10.4. The summed E-state index contributed by atoms with van der Waals surface area (Å²) in [5.74, 6) is -0.717. The second kappa shape index (κ2) is 4.37. The molecule has 1 saturated carbocycles. The van der Waals surface area contributed by atoms with Crippen molar-refractivity contribution in [3.05, 3.63) is 11.9 Å². The fourth-order valence-corrected chi connectivity index (χ4v) is 2.85. The smallest absolute Gasteiger partial charge is 0.313 e. The molecule has 1 fully saturated rings. The summed E-state index contributed by atoms with van der Waals surface area (Å²) < 4.78 is 2.23. The molecular weight excluding hydrogens is 236 g/mol. The van der Waals surface area contributed by atoms with Crippen molar-refractivity contribution in [2.24, 2.45) is 5.41 Å². The van der Waals surface area contributed by atoms with Gasteiger partial charge in [-0.1, -0.05) is 32.5 Å². The number of aliphatic carboxylic acids is 1. The van der Waals surface area contributed by atoms with Gasteiger partial charge in [0.1, 0.15) is 0 Å². The summed E-state index contributed by atoms with van der Waals surface area (Å²) in [6.07, 6.45) is 3.96. The topological polar surface area (TPSA) is 55.1 Å². The molecule has 0 aliphatic heterocycles. The van der Waals surface area contributed by atoms with Crippen LogP contribution in [0.1, 0.15) is 38.9 Å². The Kier molecular flexibility index (Phi) is 3.21. The second-order valence-electron chi connectivity index (χ2n) is 5.15. The van der Waals surface area contributed by atoms with Crippen LogP contribution < -0.4 is 0 Å². The lowest BCUT2D eigenvalue weighted by Crippen LogP contribution is -2.07. The maximum absolute atomic E-state index is 10.6. The number of carbonyl (C=O) groups is 1. The molecule has 1 aromatic heterocycles. The molecule has 0 aromatic carbocycles. The van der Waals surface area contributed by atoms with Gasteiger partial charge in [-0.3, -0.25) is 4.79 Å². The van der Waals surface area contributed by atoms with Crippen LogP contribution in [0.4, 0.5) is 0 Å². The maximum Gasteiger partial charge on any atom is 0.313 e. The number of nitrogens with zero attached hydrogens (tertiary/aromatic N) is 2. The molecule has 1 aromatic rings. The molecule has 0 radical (unpaired) electrons. The standard InChI is InChI=1S/C12H18N2O2S/c1-4-8-6-13-11(17-7-10(15)16)14(8)9-5-12(9,2)3/h6,9H,4-5,7H2,1-3H3,(H,15,16). The predicted molar refractivity (Wildman–Crippen MR) is 67.4 cm³/mol. The molecule has 1 unspecified atom stereocenters. The van der Waals surface area contributed by atoms with Crippen LogP contribution >= 0.6 is 11.8 Å². The third kappa shape index (κ3) is 2.49. The van der Waals surface area contributed by atoms with Crippen LogP contribution in [0.3, 0.4) is 0 Å². The van der Waals surface area contributed by atoms with E-state index < -0.39 is 5.97 Å². The minimum Gasteiger partial charge on any atom is -0.481 e. The van der Waals surface area contributed by atoms with Gasteiger partial charge in [-0.15, -0.1) is 0 Å². The number of carboxylic acid groups (broad SMARTS) is 1. The molecule has 17 heavy (non-hydrogen) atoms. The lowest BCUT2D eigenvalue weighted by atomic mass is 10.2. The van der Waals surface area contributed by atoms with E-state index in [9.17, 15) is 4.79 Å². The van der Waals surface area contributed by atoms with Crippen LogP contribution in [-0.4, -0.2) is 26.4 Å². The second-order valence-corrected chi connectivity index (χ2v) is 6.09. The van der Waals surface area contributed by atoms with Crippen molar-refractivity contribution in [2.45, 2.75) is 44.8 Å². The number of imidazole rings is 1. The van der Waals surface area contributed by atoms with E-state index in [1.54, 1.807) is 0 Å². The van der Waals surface area contributed by atoms with Crippen molar-refractivity contribution in [1.82, 2.24) is 9.55 Å². The van der Waals surface area contributed by atoms with Gasteiger partial charge in [0.25, 0.3) is 0 Å². The molecule has 0 saturated heterocycles. The molecule has 1 aliphatic rings. The third-order valence-electron chi connectivity index (χ3n) is 3.30. The van der Waals surface area contributed by atoms with E-state index in [-0.39, 0.29) is 5.75 Å². The molecule has 1 N–H and O–H groups in total. The van der Waals surface area contributed by atoms with Crippen LogP contribution in [-0.2, 0) is 11.2 Å². The van der Waals surface area contributed by atoms with Crippen molar-refractivity contribution in [2.75, 3.05) is 5.75 Å². The minimum absolute atomic E-state index is 0.0767. The van der Waals surface area contributed by atoms with Gasteiger partial charge < -0.3 is 9.67 Å². The maximum atomic E-state index is 10.6. The van der Waals surface area contributed by atoms with E-state index >= 15 is 0 Å². The lowest BCUT2D eigenvalue weighted by Gasteiger charge is -2.12. The highest BCUT2D eigenvalue weighted by Gasteiger charge is 2.48. The molecule has 0 bridgehead atoms. The summed E-state index contributed by atoms with van der Waals surface area (Å²) in [7, 11) is 0. The van der Waals surface area contributed by atoms with Gasteiger partial charge in [0.2, 0.25) is 0 Å². The molecule has 1 heterocycles. The van der Waals surface area contributed by atoms with Crippen molar-refractivity contribution in [1.29, 1.82) is 0 Å². The first-order chi connectivity index (χ1) is 7.95. The van der Waals surface area contributed by atoms with Gasteiger partial charge in [0.15, 0.2) is 5.16 Å². The van der Waals surface area contributed by atoms with Crippen LogP contribution in [0, 0.1) is 5.41 Å². The zero-order chi connectivity index (χ0) is 12.6. The number of aromatic nitrogens is 2. The number of thioether (sulfide) groups is 1. The Hall–Kier alpha value is -0.970. The first-order valence-corrected chi connectivity index (χ1v) is 6.85. The molecule has 1 aliphatic carbocycles. The van der Waals surface area contributed by atoms with Gasteiger partial charge in [-0.2, -0.15) is 0 Å². The quantitative estimate of drug-likeness (QED) is 0.821. The average Bonchev–Trinajstić information content (AvgIpc) is 2.73. The van der Waals surface area contributed by atoms with Crippen LogP contribution in [0.5, 0.6) is 0 Å². The van der Waals surface area contributed by atoms with E-state index in [1.807, 2.05) is 6.20 Å². The van der Waals surface area contributed by atoms with E-state index in [0.29, 0.717) is 11.5 Å². The predicted octanol–water partition coefficient (Wildman–Crippen LogP) is 2.59. The van der Waals surface area contributed by atoms with Crippen LogP contribution in [0.15, 0.2) is 11.4 Å². The molecular formula is C12H18N2O2S. The summed E-state index contributed by atoms with van der Waals surface area (Å²) in [5, 5.41) is 9.58. The Morgan fingerprint density at radius 2 is 2.35 bits per heavy atom. The number of rotatable bonds is 5. The van der Waals surface area contributed by atoms with Gasteiger partial charge in [-0.25, -0.2) is 4.98 Å². The van der Waals surface area contributed by atoms with Gasteiger partial charge >= 0.3 is 5.97 Å². The lowest BCUT2D eigenvalue weighted by molar-refractivity contribution is -0.133. The normalized spacial score (nSPS) is 21.5. The highest BCUT2D eigenvalue weighted by atomic mass is 32.2. The minimum atomic E-state index is -0.794. The number of hydrogen-bond acceptors (Lipinski definition) is 3. The van der Waals surface area contributed by atoms with E-state index in [1.165, 1.54) is 17.5 Å². The van der Waals surface area contributed by atoms with Gasteiger partial charge in [0.05, 0.1) is 5.75 Å². The van der Waals surface area contributed by atoms with E-state index in [4.69, 9.17) is 5.11 Å². The fourth-order valence-electron chi connectivity index (χ4n) is 2.09. The Morgan fingerprint density at radius 1 is 1.71 bits per heavy atom. The summed E-state index contributed by atoms with van der Waals surface area (Å²) >= 11 is 1.31. The Balaban J connectivity index is 2.21. The first kappa shape index (κ1) is 12.5. The number of hydrogen-bond donors (Lipinski definition) is 1. The summed E-state index contributed by atoms with van der Waals surface area (Å²) in [4.78, 5) is 15.0. The Morgan fingerprint density at radius 3 is 2.82 bits per heavy atom. The molecule has 94 valence electrons. The fraction of sp³-hybridized carbons (Fsp3) is 0.667. The van der Waals surface area contributed by atoms with Crippen molar-refractivity contribution in [3.63, 3.8) is 0 Å². The molecule has 5 heteroatoms. The third-order valence-corrected chi connectivity index (χ3v) is 4.25. The SMILES string of the molecule is CCc1cnc(SCC(=O)O)n1C1CC1(C)C. The van der Waals surface area contributed by atoms with Crippen molar-refractivity contribution < 1.29 is 9.90 Å². The zero-order valence-corrected chi connectivity index (χ0v) is 11.3. The molecule has 0 amide bonds. The molecule has 2 rings (SSSR count). The summed E-state index contributed by atoms with van der Waals surface area (Å²) in [6, 6.07) is 0.483. The van der Waals surface area contributed by atoms with Crippen LogP contribution in [0.2, 0.25) is 0 Å². The monoisotopic (exact) mass is 254 g/mol. The summed E-state index contributed by atoms with van der Waals surface area (Å²) in [5.41, 5.74) is 1.52.